The average molecular weight is 159 g/mol. The van der Waals surface area contributed by atoms with Gasteiger partial charge < -0.3 is 15.6 Å². The molecule has 0 rings (SSSR count). The van der Waals surface area contributed by atoms with Gasteiger partial charge in [0, 0.05) is 0 Å². The molecule has 0 aromatic carbocycles. The number of nitrogens with two attached hydrogens (primary N) is 1. The Labute approximate surface area is 65.6 Å². The lowest BCUT2D eigenvalue weighted by Gasteiger charge is -2.06. The molecule has 4 nitrogen and oxygen atoms in total. The summed E-state index contributed by atoms with van der Waals surface area (Å²) in [7, 11) is 0. The fourth-order valence-corrected chi connectivity index (χ4v) is 0.431. The van der Waals surface area contributed by atoms with Crippen LogP contribution in [0.3, 0.4) is 0 Å². The van der Waals surface area contributed by atoms with Crippen molar-refractivity contribution < 1.29 is 14.6 Å². The second-order valence-electron chi connectivity index (χ2n) is 2.42. The topological polar surface area (TPSA) is 72.5 Å². The largest absolute Gasteiger partial charge is 0.480 e. The van der Waals surface area contributed by atoms with Crippen LogP contribution in [0, 0.1) is 0 Å². The summed E-state index contributed by atoms with van der Waals surface area (Å²) in [5.74, 6) is -1.05. The van der Waals surface area contributed by atoms with Crippen LogP contribution in [0.2, 0.25) is 0 Å². The van der Waals surface area contributed by atoms with E-state index in [1.54, 1.807) is 6.92 Å². The van der Waals surface area contributed by atoms with Crippen LogP contribution in [0.15, 0.2) is 12.2 Å². The first kappa shape index (κ1) is 10.1. The molecule has 0 aliphatic rings. The number of carbonyl (C=O) groups is 1. The van der Waals surface area contributed by atoms with Crippen molar-refractivity contribution in [2.24, 2.45) is 5.73 Å². The van der Waals surface area contributed by atoms with Crippen LogP contribution in [0.4, 0.5) is 0 Å². The monoisotopic (exact) mass is 159 g/mol. The molecule has 3 N–H and O–H groups in total. The zero-order valence-electron chi connectivity index (χ0n) is 6.54. The number of rotatable bonds is 5. The molecular weight excluding hydrogens is 146 g/mol. The van der Waals surface area contributed by atoms with E-state index >= 15 is 0 Å². The summed E-state index contributed by atoms with van der Waals surface area (Å²) in [4.78, 5) is 10.1. The summed E-state index contributed by atoms with van der Waals surface area (Å²) in [5.41, 5.74) is 6.00. The van der Waals surface area contributed by atoms with Gasteiger partial charge in [-0.1, -0.05) is 12.2 Å². The highest BCUT2D eigenvalue weighted by atomic mass is 16.5. The third-order valence-corrected chi connectivity index (χ3v) is 0.963. The zero-order valence-corrected chi connectivity index (χ0v) is 6.54. The molecule has 0 saturated heterocycles. The van der Waals surface area contributed by atoms with Crippen molar-refractivity contribution in [2.45, 2.75) is 13.0 Å². The minimum absolute atomic E-state index is 0.0300. The van der Waals surface area contributed by atoms with Gasteiger partial charge in [-0.2, -0.15) is 0 Å². The molecule has 64 valence electrons. The SMILES string of the molecule is C=C(C)COCC(N)C(=O)O. The molecule has 0 aromatic heterocycles. The third-order valence-electron chi connectivity index (χ3n) is 0.963. The Bertz CT molecular complexity index is 156. The van der Waals surface area contributed by atoms with E-state index < -0.39 is 12.0 Å². The highest BCUT2D eigenvalue weighted by Crippen LogP contribution is 1.89. The Morgan fingerprint density at radius 2 is 2.36 bits per heavy atom. The van der Waals surface area contributed by atoms with Gasteiger partial charge in [0.1, 0.15) is 6.04 Å². The van der Waals surface area contributed by atoms with Crippen LogP contribution in [-0.2, 0) is 9.53 Å². The lowest BCUT2D eigenvalue weighted by atomic mass is 10.3. The van der Waals surface area contributed by atoms with Crippen LogP contribution in [0.1, 0.15) is 6.92 Å². The number of ether oxygens (including phenoxy) is 1. The van der Waals surface area contributed by atoms with E-state index in [0.717, 1.165) is 5.57 Å². The van der Waals surface area contributed by atoms with E-state index in [4.69, 9.17) is 15.6 Å². The maximum atomic E-state index is 10.1. The average Bonchev–Trinajstić information content (AvgIpc) is 1.86. The van der Waals surface area contributed by atoms with Gasteiger partial charge in [-0.3, -0.25) is 4.79 Å². The van der Waals surface area contributed by atoms with Gasteiger partial charge in [0.05, 0.1) is 13.2 Å². The molecule has 1 atom stereocenters. The molecule has 1 unspecified atom stereocenters. The first-order chi connectivity index (χ1) is 5.04. The fraction of sp³-hybridized carbons (Fsp3) is 0.571. The second-order valence-corrected chi connectivity index (χ2v) is 2.42. The van der Waals surface area contributed by atoms with Crippen LogP contribution < -0.4 is 5.73 Å². The summed E-state index contributed by atoms with van der Waals surface area (Å²) in [6, 6.07) is -0.936. The number of carboxylic acids is 1. The molecule has 0 amide bonds. The molecule has 11 heavy (non-hydrogen) atoms. The summed E-state index contributed by atoms with van der Waals surface area (Å²) in [6.07, 6.45) is 0. The summed E-state index contributed by atoms with van der Waals surface area (Å²) < 4.78 is 4.91. The van der Waals surface area contributed by atoms with Gasteiger partial charge in [-0.25, -0.2) is 0 Å². The van der Waals surface area contributed by atoms with Crippen molar-refractivity contribution in [1.82, 2.24) is 0 Å². The van der Waals surface area contributed by atoms with E-state index in [-0.39, 0.29) is 6.61 Å². The summed E-state index contributed by atoms with van der Waals surface area (Å²) in [6.45, 7) is 5.77. The third kappa shape index (κ3) is 5.57. The van der Waals surface area contributed by atoms with Crippen LogP contribution in [-0.4, -0.2) is 30.3 Å². The number of carboxylic acid groups (broad SMARTS) is 1. The number of hydrogen-bond acceptors (Lipinski definition) is 3. The highest BCUT2D eigenvalue weighted by molar-refractivity contribution is 5.73. The van der Waals surface area contributed by atoms with Crippen LogP contribution in [0.25, 0.3) is 0 Å². The Balaban J connectivity index is 3.39. The van der Waals surface area contributed by atoms with Gasteiger partial charge >= 0.3 is 5.97 Å². The Hall–Kier alpha value is -0.870. The van der Waals surface area contributed by atoms with Crippen molar-refractivity contribution >= 4 is 5.97 Å². The van der Waals surface area contributed by atoms with Crippen molar-refractivity contribution in [1.29, 1.82) is 0 Å². The van der Waals surface area contributed by atoms with Gasteiger partial charge in [-0.05, 0) is 6.92 Å². The van der Waals surface area contributed by atoms with Gasteiger partial charge in [0.15, 0.2) is 0 Å². The Kier molecular flexibility index (Phi) is 4.49. The maximum absolute atomic E-state index is 10.1. The highest BCUT2D eigenvalue weighted by Gasteiger charge is 2.10. The van der Waals surface area contributed by atoms with Crippen molar-refractivity contribution in [2.75, 3.05) is 13.2 Å². The molecule has 0 aliphatic heterocycles. The number of aliphatic carboxylic acids is 1. The fourth-order valence-electron chi connectivity index (χ4n) is 0.431. The van der Waals surface area contributed by atoms with Crippen molar-refractivity contribution in [3.63, 3.8) is 0 Å². The van der Waals surface area contributed by atoms with Gasteiger partial charge in [-0.15, -0.1) is 0 Å². The zero-order chi connectivity index (χ0) is 8.85. The van der Waals surface area contributed by atoms with Gasteiger partial charge in [0.25, 0.3) is 0 Å². The minimum atomic E-state index is -1.05. The molecule has 0 spiro atoms. The lowest BCUT2D eigenvalue weighted by Crippen LogP contribution is -2.35. The molecule has 0 saturated carbocycles. The molecular formula is C7H13NO3. The van der Waals surface area contributed by atoms with Gasteiger partial charge in [0.2, 0.25) is 0 Å². The predicted octanol–water partition coefficient (Wildman–Crippen LogP) is -0.00900. The maximum Gasteiger partial charge on any atom is 0.322 e. The lowest BCUT2D eigenvalue weighted by molar-refractivity contribution is -0.139. The Morgan fingerprint density at radius 3 is 2.73 bits per heavy atom. The first-order valence-corrected chi connectivity index (χ1v) is 3.24. The molecule has 0 aromatic rings. The smallest absolute Gasteiger partial charge is 0.322 e. The quantitative estimate of drug-likeness (QED) is 0.553. The molecule has 0 radical (unpaired) electrons. The van der Waals surface area contributed by atoms with E-state index in [1.807, 2.05) is 0 Å². The second kappa shape index (κ2) is 4.87. The molecule has 4 heteroatoms. The van der Waals surface area contributed by atoms with E-state index in [1.165, 1.54) is 0 Å². The first-order valence-electron chi connectivity index (χ1n) is 3.24. The standard InChI is InChI=1S/C7H13NO3/c1-5(2)3-11-4-6(8)7(9)10/h6H,1,3-4,8H2,2H3,(H,9,10). The molecule has 0 bridgehead atoms. The van der Waals surface area contributed by atoms with E-state index in [2.05, 4.69) is 6.58 Å². The Morgan fingerprint density at radius 1 is 1.82 bits per heavy atom. The normalized spacial score (nSPS) is 12.5. The van der Waals surface area contributed by atoms with E-state index in [0.29, 0.717) is 6.61 Å². The van der Waals surface area contributed by atoms with Crippen molar-refractivity contribution in [3.8, 4) is 0 Å². The number of hydrogen-bond donors (Lipinski definition) is 2. The molecule has 0 heterocycles. The molecule has 0 fully saturated rings. The minimum Gasteiger partial charge on any atom is -0.480 e. The van der Waals surface area contributed by atoms with Crippen LogP contribution in [0.5, 0.6) is 0 Å². The van der Waals surface area contributed by atoms with E-state index in [9.17, 15) is 4.79 Å². The van der Waals surface area contributed by atoms with Crippen molar-refractivity contribution in [3.05, 3.63) is 12.2 Å². The molecule has 0 aliphatic carbocycles. The summed E-state index contributed by atoms with van der Waals surface area (Å²) in [5, 5.41) is 8.32. The summed E-state index contributed by atoms with van der Waals surface area (Å²) >= 11 is 0. The van der Waals surface area contributed by atoms with Crippen LogP contribution >= 0.6 is 0 Å². The predicted molar refractivity (Wildman–Crippen MR) is 41.2 cm³/mol.